The molecule has 1 aliphatic carbocycles. The number of nitrogens with one attached hydrogen (secondary N) is 1. The van der Waals surface area contributed by atoms with Gasteiger partial charge in [0.2, 0.25) is 0 Å². The van der Waals surface area contributed by atoms with Crippen LogP contribution in [0.2, 0.25) is 0 Å². The number of aromatic nitrogens is 2. The van der Waals surface area contributed by atoms with Gasteiger partial charge in [0.05, 0.1) is 11.8 Å². The number of hydrogen-bond donors (Lipinski definition) is 1. The second kappa shape index (κ2) is 5.33. The molecule has 1 aromatic rings. The first-order valence-electron chi connectivity index (χ1n) is 7.22. The number of likely N-dealkylation sites (tertiary alicyclic amines) is 1. The number of carbonyl (C=O) groups excluding carboxylic acids is 1. The molecule has 2 fully saturated rings. The molecule has 1 saturated heterocycles. The van der Waals surface area contributed by atoms with Gasteiger partial charge in [0.15, 0.2) is 0 Å². The van der Waals surface area contributed by atoms with Crippen molar-refractivity contribution in [1.82, 2.24) is 20.0 Å². The van der Waals surface area contributed by atoms with Crippen molar-refractivity contribution < 1.29 is 4.79 Å². The molecule has 1 saturated carbocycles. The van der Waals surface area contributed by atoms with Gasteiger partial charge in [-0.3, -0.25) is 9.48 Å². The molecular weight excluding hydrogens is 240 g/mol. The van der Waals surface area contributed by atoms with E-state index in [1.165, 1.54) is 32.4 Å². The van der Waals surface area contributed by atoms with Crippen molar-refractivity contribution in [2.45, 2.75) is 31.7 Å². The Hall–Kier alpha value is -1.36. The van der Waals surface area contributed by atoms with E-state index in [9.17, 15) is 4.79 Å². The summed E-state index contributed by atoms with van der Waals surface area (Å²) in [6, 6.07) is 0.292. The highest BCUT2D eigenvalue weighted by Crippen LogP contribution is 2.30. The van der Waals surface area contributed by atoms with Gasteiger partial charge in [0.1, 0.15) is 0 Å². The van der Waals surface area contributed by atoms with E-state index in [1.54, 1.807) is 17.1 Å². The molecule has 104 valence electrons. The van der Waals surface area contributed by atoms with Crippen molar-refractivity contribution in [2.75, 3.05) is 19.6 Å². The minimum atomic E-state index is 0.00590. The fourth-order valence-electron chi connectivity index (χ4n) is 2.81. The SMILES string of the molecule is Cn1cc(C(=O)NC2CCCN(CC3CC3)C2)cn1. The third-order valence-electron chi connectivity index (χ3n) is 4.02. The van der Waals surface area contributed by atoms with Gasteiger partial charge in [0.25, 0.3) is 5.91 Å². The van der Waals surface area contributed by atoms with E-state index in [0.29, 0.717) is 11.6 Å². The number of piperidine rings is 1. The predicted molar refractivity (Wildman–Crippen MR) is 72.9 cm³/mol. The van der Waals surface area contributed by atoms with Crippen molar-refractivity contribution >= 4 is 5.91 Å². The molecule has 0 bridgehead atoms. The largest absolute Gasteiger partial charge is 0.348 e. The molecule has 5 nitrogen and oxygen atoms in total. The number of hydrogen-bond acceptors (Lipinski definition) is 3. The number of carbonyl (C=O) groups is 1. The molecule has 0 radical (unpaired) electrons. The van der Waals surface area contributed by atoms with Gasteiger partial charge in [-0.2, -0.15) is 5.10 Å². The molecule has 1 aromatic heterocycles. The third-order valence-corrected chi connectivity index (χ3v) is 4.02. The molecule has 1 atom stereocenters. The Morgan fingerprint density at radius 1 is 1.47 bits per heavy atom. The second-order valence-electron chi connectivity index (χ2n) is 5.92. The van der Waals surface area contributed by atoms with Gasteiger partial charge < -0.3 is 10.2 Å². The Labute approximate surface area is 114 Å². The maximum atomic E-state index is 12.1. The smallest absolute Gasteiger partial charge is 0.254 e. The van der Waals surface area contributed by atoms with E-state index < -0.39 is 0 Å². The van der Waals surface area contributed by atoms with Crippen LogP contribution in [0, 0.1) is 5.92 Å². The summed E-state index contributed by atoms with van der Waals surface area (Å²) in [5, 5.41) is 7.18. The quantitative estimate of drug-likeness (QED) is 0.881. The summed E-state index contributed by atoms with van der Waals surface area (Å²) in [6.45, 7) is 3.41. The second-order valence-corrected chi connectivity index (χ2v) is 5.92. The van der Waals surface area contributed by atoms with Crippen LogP contribution in [0.1, 0.15) is 36.0 Å². The average molecular weight is 262 g/mol. The number of rotatable bonds is 4. The number of nitrogens with zero attached hydrogens (tertiary/aromatic N) is 3. The topological polar surface area (TPSA) is 50.2 Å². The molecule has 5 heteroatoms. The van der Waals surface area contributed by atoms with Crippen LogP contribution in [0.4, 0.5) is 0 Å². The molecule has 1 N–H and O–H groups in total. The maximum absolute atomic E-state index is 12.1. The van der Waals surface area contributed by atoms with Gasteiger partial charge >= 0.3 is 0 Å². The molecule has 3 rings (SSSR count). The zero-order chi connectivity index (χ0) is 13.2. The van der Waals surface area contributed by atoms with E-state index in [1.807, 2.05) is 7.05 Å². The normalized spacial score (nSPS) is 24.4. The Morgan fingerprint density at radius 2 is 2.32 bits per heavy atom. The molecule has 0 aromatic carbocycles. The van der Waals surface area contributed by atoms with Crippen LogP contribution in [0.3, 0.4) is 0 Å². The lowest BCUT2D eigenvalue weighted by Gasteiger charge is -2.33. The first-order chi connectivity index (χ1) is 9.20. The van der Waals surface area contributed by atoms with Gasteiger partial charge in [-0.15, -0.1) is 0 Å². The predicted octanol–water partition coefficient (Wildman–Crippen LogP) is 1.02. The lowest BCUT2D eigenvalue weighted by Crippen LogP contribution is -2.48. The van der Waals surface area contributed by atoms with E-state index in [4.69, 9.17) is 0 Å². The summed E-state index contributed by atoms with van der Waals surface area (Å²) in [5.41, 5.74) is 0.654. The van der Waals surface area contributed by atoms with Crippen LogP contribution in [-0.4, -0.2) is 46.3 Å². The molecule has 2 aliphatic rings. The average Bonchev–Trinajstić information content (AvgIpc) is 3.08. The number of aryl methyl sites for hydroxylation is 1. The van der Waals surface area contributed by atoms with Crippen molar-refractivity contribution in [1.29, 1.82) is 0 Å². The minimum Gasteiger partial charge on any atom is -0.348 e. The Morgan fingerprint density at radius 3 is 3.00 bits per heavy atom. The molecule has 0 spiro atoms. The summed E-state index contributed by atoms with van der Waals surface area (Å²) < 4.78 is 1.66. The van der Waals surface area contributed by atoms with Crippen molar-refractivity contribution in [2.24, 2.45) is 13.0 Å². The lowest BCUT2D eigenvalue weighted by atomic mass is 10.0. The van der Waals surface area contributed by atoms with Gasteiger partial charge in [-0.25, -0.2) is 0 Å². The molecular formula is C14H22N4O. The molecule has 19 heavy (non-hydrogen) atoms. The Balaban J connectivity index is 1.52. The van der Waals surface area contributed by atoms with Crippen LogP contribution in [0.25, 0.3) is 0 Å². The number of amides is 1. The van der Waals surface area contributed by atoms with E-state index in [2.05, 4.69) is 15.3 Å². The van der Waals surface area contributed by atoms with Crippen LogP contribution >= 0.6 is 0 Å². The van der Waals surface area contributed by atoms with Gasteiger partial charge in [-0.05, 0) is 38.1 Å². The van der Waals surface area contributed by atoms with E-state index in [-0.39, 0.29) is 5.91 Å². The minimum absolute atomic E-state index is 0.00590. The first-order valence-corrected chi connectivity index (χ1v) is 7.22. The van der Waals surface area contributed by atoms with E-state index in [0.717, 1.165) is 18.9 Å². The van der Waals surface area contributed by atoms with E-state index >= 15 is 0 Å². The lowest BCUT2D eigenvalue weighted by molar-refractivity contribution is 0.0902. The molecule has 2 heterocycles. The zero-order valence-corrected chi connectivity index (χ0v) is 11.5. The fraction of sp³-hybridized carbons (Fsp3) is 0.714. The van der Waals surface area contributed by atoms with Crippen LogP contribution < -0.4 is 5.32 Å². The van der Waals surface area contributed by atoms with Crippen LogP contribution in [0.15, 0.2) is 12.4 Å². The summed E-state index contributed by atoms with van der Waals surface area (Å²) in [6.07, 6.45) is 8.45. The zero-order valence-electron chi connectivity index (χ0n) is 11.5. The summed E-state index contributed by atoms with van der Waals surface area (Å²) >= 11 is 0. The highest BCUT2D eigenvalue weighted by Gasteiger charge is 2.28. The Kier molecular flexibility index (Phi) is 3.55. The molecule has 1 unspecified atom stereocenters. The van der Waals surface area contributed by atoms with Crippen molar-refractivity contribution in [3.05, 3.63) is 18.0 Å². The van der Waals surface area contributed by atoms with Crippen LogP contribution in [0.5, 0.6) is 0 Å². The van der Waals surface area contributed by atoms with Crippen molar-refractivity contribution in [3.63, 3.8) is 0 Å². The van der Waals surface area contributed by atoms with Gasteiger partial charge in [-0.1, -0.05) is 0 Å². The fourth-order valence-corrected chi connectivity index (χ4v) is 2.81. The van der Waals surface area contributed by atoms with Crippen molar-refractivity contribution in [3.8, 4) is 0 Å². The molecule has 1 aliphatic heterocycles. The summed E-state index contributed by atoms with van der Waals surface area (Å²) in [4.78, 5) is 14.6. The monoisotopic (exact) mass is 262 g/mol. The maximum Gasteiger partial charge on any atom is 0.254 e. The third kappa shape index (κ3) is 3.35. The molecule has 1 amide bonds. The highest BCUT2D eigenvalue weighted by molar-refractivity contribution is 5.93. The highest BCUT2D eigenvalue weighted by atomic mass is 16.1. The Bertz CT molecular complexity index is 452. The standard InChI is InChI=1S/C14H22N4O/c1-17-9-12(7-15-17)14(19)16-13-3-2-6-18(10-13)8-11-4-5-11/h7,9,11,13H,2-6,8,10H2,1H3,(H,16,19). The first kappa shape index (κ1) is 12.7. The van der Waals surface area contributed by atoms with Crippen LogP contribution in [-0.2, 0) is 7.05 Å². The summed E-state index contributed by atoms with van der Waals surface area (Å²) in [7, 11) is 1.83. The van der Waals surface area contributed by atoms with Gasteiger partial charge in [0, 0.05) is 32.4 Å². The summed E-state index contributed by atoms with van der Waals surface area (Å²) in [5.74, 6) is 0.930.